The van der Waals surface area contributed by atoms with Gasteiger partial charge in [-0.1, -0.05) is 12.1 Å². The van der Waals surface area contributed by atoms with Crippen molar-refractivity contribution in [3.63, 3.8) is 0 Å². The quantitative estimate of drug-likeness (QED) is 0.492. The van der Waals surface area contributed by atoms with Crippen LogP contribution < -0.4 is 5.73 Å². The van der Waals surface area contributed by atoms with Crippen molar-refractivity contribution in [2.24, 2.45) is 10.7 Å². The number of hydrogen-bond acceptors (Lipinski definition) is 1. The molecule has 7 heteroatoms. The Hall–Kier alpha value is -0.990. The van der Waals surface area contributed by atoms with Crippen molar-refractivity contribution < 1.29 is 13.2 Å². The van der Waals surface area contributed by atoms with Crippen LogP contribution in [0.15, 0.2) is 29.3 Å². The molecule has 0 fully saturated rings. The molecule has 0 aromatic heterocycles. The van der Waals surface area contributed by atoms with E-state index in [1.54, 1.807) is 19.0 Å². The van der Waals surface area contributed by atoms with Crippen LogP contribution in [0.4, 0.5) is 13.2 Å². The zero-order valence-corrected chi connectivity index (χ0v) is 12.4. The first kappa shape index (κ1) is 17.0. The van der Waals surface area contributed by atoms with E-state index in [-0.39, 0.29) is 24.0 Å². The summed E-state index contributed by atoms with van der Waals surface area (Å²) in [5.74, 6) is 0.338. The van der Waals surface area contributed by atoms with E-state index in [9.17, 15) is 13.2 Å². The van der Waals surface area contributed by atoms with E-state index in [2.05, 4.69) is 4.99 Å². The molecule has 0 bridgehead atoms. The van der Waals surface area contributed by atoms with E-state index in [1.807, 2.05) is 0 Å². The summed E-state index contributed by atoms with van der Waals surface area (Å²) in [5, 5.41) is 0. The maximum absolute atomic E-state index is 12.3. The number of rotatable bonds is 2. The molecular formula is C11H15F3IN3. The molecule has 0 saturated heterocycles. The fourth-order valence-corrected chi connectivity index (χ4v) is 1.32. The van der Waals surface area contributed by atoms with E-state index < -0.39 is 11.7 Å². The molecule has 1 aromatic carbocycles. The predicted molar refractivity (Wildman–Crippen MR) is 75.9 cm³/mol. The molecule has 0 radical (unpaired) electrons. The number of nitrogens with two attached hydrogens (primary N) is 1. The molecule has 0 saturated carbocycles. The van der Waals surface area contributed by atoms with Crippen molar-refractivity contribution in [3.05, 3.63) is 35.4 Å². The van der Waals surface area contributed by atoms with Gasteiger partial charge in [0.05, 0.1) is 5.56 Å². The summed E-state index contributed by atoms with van der Waals surface area (Å²) in [6.07, 6.45) is -4.30. The molecule has 0 aliphatic carbocycles. The zero-order valence-electron chi connectivity index (χ0n) is 10.0. The van der Waals surface area contributed by atoms with Crippen LogP contribution in [0.2, 0.25) is 0 Å². The van der Waals surface area contributed by atoms with Crippen LogP contribution >= 0.6 is 24.0 Å². The smallest absolute Gasteiger partial charge is 0.370 e. The van der Waals surface area contributed by atoms with Crippen molar-refractivity contribution >= 4 is 29.9 Å². The molecular weight excluding hydrogens is 358 g/mol. The first-order valence-electron chi connectivity index (χ1n) is 4.94. The summed E-state index contributed by atoms with van der Waals surface area (Å²) in [6.45, 7) is 0.418. The molecule has 18 heavy (non-hydrogen) atoms. The van der Waals surface area contributed by atoms with E-state index in [1.165, 1.54) is 12.1 Å². The topological polar surface area (TPSA) is 41.6 Å². The van der Waals surface area contributed by atoms with Gasteiger partial charge in [-0.3, -0.25) is 4.99 Å². The predicted octanol–water partition coefficient (Wildman–Crippen LogP) is 2.70. The van der Waals surface area contributed by atoms with Crippen LogP contribution in [0.3, 0.4) is 0 Å². The Labute approximate surface area is 121 Å². The van der Waals surface area contributed by atoms with E-state index in [0.29, 0.717) is 12.5 Å². The normalized spacial score (nSPS) is 11.9. The number of guanidine groups is 1. The van der Waals surface area contributed by atoms with Gasteiger partial charge in [-0.2, -0.15) is 13.2 Å². The van der Waals surface area contributed by atoms with Crippen LogP contribution in [0.1, 0.15) is 11.1 Å². The highest BCUT2D eigenvalue weighted by Crippen LogP contribution is 2.29. The Kier molecular flexibility index (Phi) is 6.44. The lowest BCUT2D eigenvalue weighted by molar-refractivity contribution is -0.137. The third kappa shape index (κ3) is 4.71. The molecule has 0 unspecified atom stereocenters. The lowest BCUT2D eigenvalue weighted by Gasteiger charge is -2.17. The van der Waals surface area contributed by atoms with Gasteiger partial charge in [0.25, 0.3) is 0 Å². The first-order chi connectivity index (χ1) is 7.84. The van der Waals surface area contributed by atoms with Gasteiger partial charge < -0.3 is 10.6 Å². The van der Waals surface area contributed by atoms with Gasteiger partial charge in [-0.05, 0) is 17.7 Å². The fourth-order valence-electron chi connectivity index (χ4n) is 1.32. The van der Waals surface area contributed by atoms with Gasteiger partial charge in [0.15, 0.2) is 5.96 Å². The van der Waals surface area contributed by atoms with Crippen LogP contribution in [0, 0.1) is 0 Å². The summed E-state index contributed by atoms with van der Waals surface area (Å²) in [4.78, 5) is 5.44. The number of aliphatic imine (C=N–C) groups is 1. The Bertz CT molecular complexity index is 401. The number of nitrogens with zero attached hydrogens (tertiary/aromatic N) is 2. The standard InChI is InChI=1S/C11H14F3N3.HI/c1-16-10(15)17(2)7-8-3-5-9(6-4-8)11(12,13)14;/h3-6H,7H2,1-2H3,(H2,15,16);1H. The number of benzene rings is 1. The van der Waals surface area contributed by atoms with Crippen molar-refractivity contribution in [1.29, 1.82) is 0 Å². The molecule has 0 aliphatic rings. The average molecular weight is 373 g/mol. The molecule has 0 amide bonds. The van der Waals surface area contributed by atoms with Crippen molar-refractivity contribution in [2.75, 3.05) is 14.1 Å². The monoisotopic (exact) mass is 373 g/mol. The second kappa shape index (κ2) is 6.81. The van der Waals surface area contributed by atoms with E-state index >= 15 is 0 Å². The average Bonchev–Trinajstić information content (AvgIpc) is 2.27. The summed E-state index contributed by atoms with van der Waals surface area (Å²) in [6, 6.07) is 4.98. The minimum absolute atomic E-state index is 0. The second-order valence-electron chi connectivity index (χ2n) is 3.63. The van der Waals surface area contributed by atoms with E-state index in [0.717, 1.165) is 17.7 Å². The molecule has 1 rings (SSSR count). The molecule has 2 N–H and O–H groups in total. The Morgan fingerprint density at radius 2 is 1.78 bits per heavy atom. The van der Waals surface area contributed by atoms with Crippen LogP contribution in [-0.4, -0.2) is 25.0 Å². The number of hydrogen-bond donors (Lipinski definition) is 1. The summed E-state index contributed by atoms with van der Waals surface area (Å²) in [7, 11) is 3.28. The first-order valence-corrected chi connectivity index (χ1v) is 4.94. The van der Waals surface area contributed by atoms with Crippen LogP contribution in [-0.2, 0) is 12.7 Å². The molecule has 1 aromatic rings. The number of halogens is 4. The lowest BCUT2D eigenvalue weighted by atomic mass is 10.1. The summed E-state index contributed by atoms with van der Waals surface area (Å²) in [5.41, 5.74) is 5.65. The molecule has 0 heterocycles. The fraction of sp³-hybridized carbons (Fsp3) is 0.364. The summed E-state index contributed by atoms with van der Waals surface area (Å²) >= 11 is 0. The van der Waals surface area contributed by atoms with Crippen molar-refractivity contribution in [1.82, 2.24) is 4.90 Å². The Morgan fingerprint density at radius 1 is 1.28 bits per heavy atom. The lowest BCUT2D eigenvalue weighted by Crippen LogP contribution is -2.33. The van der Waals surface area contributed by atoms with Gasteiger partial charge in [-0.15, -0.1) is 24.0 Å². The van der Waals surface area contributed by atoms with Crippen molar-refractivity contribution in [3.8, 4) is 0 Å². The highest BCUT2D eigenvalue weighted by Gasteiger charge is 2.29. The number of alkyl halides is 3. The van der Waals surface area contributed by atoms with Crippen LogP contribution in [0.25, 0.3) is 0 Å². The molecule has 102 valence electrons. The third-order valence-electron chi connectivity index (χ3n) is 2.32. The minimum Gasteiger partial charge on any atom is -0.370 e. The third-order valence-corrected chi connectivity index (χ3v) is 2.32. The molecule has 3 nitrogen and oxygen atoms in total. The molecule has 0 spiro atoms. The Morgan fingerprint density at radius 3 is 2.17 bits per heavy atom. The zero-order chi connectivity index (χ0) is 13.1. The highest BCUT2D eigenvalue weighted by molar-refractivity contribution is 14.0. The van der Waals surface area contributed by atoms with Gasteiger partial charge in [0.1, 0.15) is 0 Å². The van der Waals surface area contributed by atoms with E-state index in [4.69, 9.17) is 5.73 Å². The minimum atomic E-state index is -4.30. The maximum Gasteiger partial charge on any atom is 0.416 e. The SMILES string of the molecule is CN=C(N)N(C)Cc1ccc(C(F)(F)F)cc1.I. The van der Waals surface area contributed by atoms with Crippen LogP contribution in [0.5, 0.6) is 0 Å². The molecule has 0 aliphatic heterocycles. The Balaban J connectivity index is 0.00000289. The maximum atomic E-state index is 12.3. The second-order valence-corrected chi connectivity index (χ2v) is 3.63. The van der Waals surface area contributed by atoms with Gasteiger partial charge in [0, 0.05) is 20.6 Å². The van der Waals surface area contributed by atoms with Gasteiger partial charge in [-0.25, -0.2) is 0 Å². The van der Waals surface area contributed by atoms with Crippen molar-refractivity contribution in [2.45, 2.75) is 12.7 Å². The van der Waals surface area contributed by atoms with Gasteiger partial charge >= 0.3 is 6.18 Å². The van der Waals surface area contributed by atoms with Gasteiger partial charge in [0.2, 0.25) is 0 Å². The highest BCUT2D eigenvalue weighted by atomic mass is 127. The largest absolute Gasteiger partial charge is 0.416 e. The molecule has 0 atom stereocenters. The summed E-state index contributed by atoms with van der Waals surface area (Å²) < 4.78 is 36.9.